The number of hydrogen-bond donors (Lipinski definition) is 1. The number of hydrogen-bond acceptors (Lipinski definition) is 4. The molecule has 0 aliphatic rings. The van der Waals surface area contributed by atoms with E-state index in [-0.39, 0.29) is 0 Å². The van der Waals surface area contributed by atoms with E-state index in [1.807, 2.05) is 17.5 Å². The summed E-state index contributed by atoms with van der Waals surface area (Å²) in [7, 11) is -2.28. The van der Waals surface area contributed by atoms with Crippen molar-refractivity contribution in [3.05, 3.63) is 22.4 Å². The SMILES string of the molecule is CN(CCc1cccs1)S(=O)(=O)CC(=O)O. The van der Waals surface area contributed by atoms with Gasteiger partial charge >= 0.3 is 5.97 Å². The van der Waals surface area contributed by atoms with E-state index in [2.05, 4.69) is 0 Å². The third-order valence-corrected chi connectivity index (χ3v) is 4.71. The van der Waals surface area contributed by atoms with Crippen molar-refractivity contribution in [2.45, 2.75) is 6.42 Å². The molecule has 7 heteroatoms. The van der Waals surface area contributed by atoms with E-state index in [0.717, 1.165) is 9.18 Å². The molecule has 0 aromatic carbocycles. The van der Waals surface area contributed by atoms with Crippen LogP contribution in [0.15, 0.2) is 17.5 Å². The van der Waals surface area contributed by atoms with Crippen molar-refractivity contribution in [1.29, 1.82) is 0 Å². The number of likely N-dealkylation sites (N-methyl/N-ethyl adjacent to an activating group) is 1. The maximum absolute atomic E-state index is 11.4. The lowest BCUT2D eigenvalue weighted by Gasteiger charge is -2.14. The third kappa shape index (κ3) is 3.92. The van der Waals surface area contributed by atoms with Gasteiger partial charge in [-0.2, -0.15) is 0 Å². The molecule has 0 atom stereocenters. The van der Waals surface area contributed by atoms with Crippen LogP contribution in [0, 0.1) is 0 Å². The minimum atomic E-state index is -3.67. The molecule has 0 aliphatic carbocycles. The fourth-order valence-electron chi connectivity index (χ4n) is 1.13. The van der Waals surface area contributed by atoms with E-state index in [1.165, 1.54) is 7.05 Å². The predicted octanol–water partition coefficient (Wildman–Crippen LogP) is 0.637. The van der Waals surface area contributed by atoms with E-state index in [1.54, 1.807) is 11.3 Å². The lowest BCUT2D eigenvalue weighted by molar-refractivity contribution is -0.134. The molecular formula is C9H13NO4S2. The normalized spacial score (nSPS) is 11.9. The first kappa shape index (κ1) is 13.1. The average Bonchev–Trinajstić information content (AvgIpc) is 2.64. The Kier molecular flexibility index (Phi) is 4.45. The van der Waals surface area contributed by atoms with Gasteiger partial charge in [0.25, 0.3) is 0 Å². The van der Waals surface area contributed by atoms with E-state index < -0.39 is 21.7 Å². The number of sulfonamides is 1. The van der Waals surface area contributed by atoms with Crippen LogP contribution in [-0.2, 0) is 21.2 Å². The van der Waals surface area contributed by atoms with Crippen molar-refractivity contribution < 1.29 is 18.3 Å². The van der Waals surface area contributed by atoms with Gasteiger partial charge in [0.15, 0.2) is 5.75 Å². The lowest BCUT2D eigenvalue weighted by Crippen LogP contribution is -2.33. The molecule has 0 radical (unpaired) electrons. The third-order valence-electron chi connectivity index (χ3n) is 2.03. The zero-order valence-electron chi connectivity index (χ0n) is 8.79. The van der Waals surface area contributed by atoms with Crippen molar-refractivity contribution in [3.63, 3.8) is 0 Å². The lowest BCUT2D eigenvalue weighted by atomic mass is 10.3. The summed E-state index contributed by atoms with van der Waals surface area (Å²) in [5, 5.41) is 10.4. The highest BCUT2D eigenvalue weighted by Gasteiger charge is 2.21. The first-order chi connectivity index (χ1) is 7.42. The van der Waals surface area contributed by atoms with Crippen LogP contribution in [-0.4, -0.2) is 43.1 Å². The quantitative estimate of drug-likeness (QED) is 0.817. The molecule has 5 nitrogen and oxygen atoms in total. The topological polar surface area (TPSA) is 74.7 Å². The molecule has 0 spiro atoms. The molecule has 0 aliphatic heterocycles. The van der Waals surface area contributed by atoms with Crippen LogP contribution in [0.3, 0.4) is 0 Å². The Morgan fingerprint density at radius 2 is 2.25 bits per heavy atom. The van der Waals surface area contributed by atoms with Crippen molar-refractivity contribution in [3.8, 4) is 0 Å². The molecule has 0 saturated carbocycles. The first-order valence-corrected chi connectivity index (χ1v) is 7.09. The molecule has 0 unspecified atom stereocenters. The first-order valence-electron chi connectivity index (χ1n) is 4.60. The van der Waals surface area contributed by atoms with Gasteiger partial charge in [-0.1, -0.05) is 6.07 Å². The van der Waals surface area contributed by atoms with Crippen LogP contribution < -0.4 is 0 Å². The van der Waals surface area contributed by atoms with Gasteiger partial charge in [-0.15, -0.1) is 11.3 Å². The molecule has 0 bridgehead atoms. The Morgan fingerprint density at radius 3 is 2.75 bits per heavy atom. The summed E-state index contributed by atoms with van der Waals surface area (Å²) in [5.74, 6) is -2.18. The minimum absolute atomic E-state index is 0.302. The largest absolute Gasteiger partial charge is 0.480 e. The standard InChI is InChI=1S/C9H13NO4S2/c1-10(16(13,14)7-9(11)12)5-4-8-3-2-6-15-8/h2-3,6H,4-5,7H2,1H3,(H,11,12). The Morgan fingerprint density at radius 1 is 1.56 bits per heavy atom. The molecular weight excluding hydrogens is 250 g/mol. The van der Waals surface area contributed by atoms with Gasteiger partial charge in [0.05, 0.1) is 0 Å². The van der Waals surface area contributed by atoms with Crippen molar-refractivity contribution in [2.75, 3.05) is 19.3 Å². The number of thiophene rings is 1. The summed E-state index contributed by atoms with van der Waals surface area (Å²) >= 11 is 1.55. The van der Waals surface area contributed by atoms with Crippen LogP contribution in [0.2, 0.25) is 0 Å². The van der Waals surface area contributed by atoms with E-state index in [0.29, 0.717) is 13.0 Å². The van der Waals surface area contributed by atoms with E-state index in [9.17, 15) is 13.2 Å². The highest BCUT2D eigenvalue weighted by molar-refractivity contribution is 7.89. The number of nitrogens with zero attached hydrogens (tertiary/aromatic N) is 1. The van der Waals surface area contributed by atoms with Gasteiger partial charge in [0.1, 0.15) is 0 Å². The van der Waals surface area contributed by atoms with Crippen LogP contribution in [0.25, 0.3) is 0 Å². The molecule has 0 fully saturated rings. The zero-order chi connectivity index (χ0) is 12.2. The maximum Gasteiger partial charge on any atom is 0.320 e. The average molecular weight is 263 g/mol. The fraction of sp³-hybridized carbons (Fsp3) is 0.444. The predicted molar refractivity (Wildman–Crippen MR) is 62.1 cm³/mol. The number of rotatable bonds is 6. The summed E-state index contributed by atoms with van der Waals surface area (Å²) in [4.78, 5) is 11.4. The molecule has 1 N–H and O–H groups in total. The second-order valence-corrected chi connectivity index (χ2v) is 6.41. The smallest absolute Gasteiger partial charge is 0.320 e. The molecule has 1 aromatic heterocycles. The zero-order valence-corrected chi connectivity index (χ0v) is 10.4. The van der Waals surface area contributed by atoms with E-state index in [4.69, 9.17) is 5.11 Å². The van der Waals surface area contributed by atoms with Gasteiger partial charge < -0.3 is 5.11 Å². The highest BCUT2D eigenvalue weighted by Crippen LogP contribution is 2.10. The number of carbonyl (C=O) groups is 1. The van der Waals surface area contributed by atoms with Crippen LogP contribution >= 0.6 is 11.3 Å². The summed E-state index contributed by atoms with van der Waals surface area (Å²) in [6.07, 6.45) is 0.604. The molecule has 0 amide bonds. The van der Waals surface area contributed by atoms with Gasteiger partial charge in [-0.3, -0.25) is 4.79 Å². The highest BCUT2D eigenvalue weighted by atomic mass is 32.2. The Balaban J connectivity index is 2.52. The molecule has 1 rings (SSSR count). The molecule has 1 aromatic rings. The Bertz CT molecular complexity index is 438. The van der Waals surface area contributed by atoms with Crippen LogP contribution in [0.5, 0.6) is 0 Å². The van der Waals surface area contributed by atoms with Crippen molar-refractivity contribution in [1.82, 2.24) is 4.31 Å². The molecule has 16 heavy (non-hydrogen) atoms. The second kappa shape index (κ2) is 5.42. The van der Waals surface area contributed by atoms with Crippen molar-refractivity contribution in [2.24, 2.45) is 0 Å². The Labute approximate surface area is 98.4 Å². The summed E-state index contributed by atoms with van der Waals surface area (Å²) < 4.78 is 24.0. The number of carboxylic acids is 1. The van der Waals surface area contributed by atoms with Crippen LogP contribution in [0.1, 0.15) is 4.88 Å². The monoisotopic (exact) mass is 263 g/mol. The molecule has 0 saturated heterocycles. The van der Waals surface area contributed by atoms with E-state index >= 15 is 0 Å². The molecule has 1 heterocycles. The van der Waals surface area contributed by atoms with Crippen LogP contribution in [0.4, 0.5) is 0 Å². The van der Waals surface area contributed by atoms with Gasteiger partial charge in [-0.05, 0) is 17.9 Å². The van der Waals surface area contributed by atoms with Gasteiger partial charge in [0.2, 0.25) is 10.0 Å². The molecule has 90 valence electrons. The minimum Gasteiger partial charge on any atom is -0.480 e. The number of aliphatic carboxylic acids is 1. The fourth-order valence-corrected chi connectivity index (χ4v) is 2.73. The Hall–Kier alpha value is -0.920. The summed E-state index contributed by atoms with van der Waals surface area (Å²) in [5.41, 5.74) is 0. The maximum atomic E-state index is 11.4. The van der Waals surface area contributed by atoms with Gasteiger partial charge in [0, 0.05) is 18.5 Å². The summed E-state index contributed by atoms with van der Waals surface area (Å²) in [6.45, 7) is 0.302. The van der Waals surface area contributed by atoms with Gasteiger partial charge in [-0.25, -0.2) is 12.7 Å². The van der Waals surface area contributed by atoms with Crippen molar-refractivity contribution >= 4 is 27.3 Å². The summed E-state index contributed by atoms with van der Waals surface area (Å²) in [6, 6.07) is 3.81. The second-order valence-electron chi connectivity index (χ2n) is 3.30. The number of carboxylic acid groups (broad SMARTS) is 1.